The summed E-state index contributed by atoms with van der Waals surface area (Å²) < 4.78 is 5.60. The highest BCUT2D eigenvalue weighted by Gasteiger charge is 2.28. The lowest BCUT2D eigenvalue weighted by Gasteiger charge is -2.31. The van der Waals surface area contributed by atoms with Crippen molar-refractivity contribution in [3.63, 3.8) is 0 Å². The Morgan fingerprint density at radius 2 is 2.09 bits per heavy atom. The fraction of sp³-hybridized carbons (Fsp3) is 0.400. The first-order valence-corrected chi connectivity index (χ1v) is 11.2. The molecule has 1 aromatic carbocycles. The fourth-order valence-corrected chi connectivity index (χ4v) is 4.30. The van der Waals surface area contributed by atoms with Crippen LogP contribution in [0.15, 0.2) is 65.4 Å². The third-order valence-electron chi connectivity index (χ3n) is 6.09. The average Bonchev–Trinajstić information content (AvgIpc) is 3.27. The molecule has 1 aliphatic rings. The third-order valence-corrected chi connectivity index (χ3v) is 6.09. The smallest absolute Gasteiger partial charge is 0.220 e. The van der Waals surface area contributed by atoms with Crippen molar-refractivity contribution >= 4 is 11.6 Å². The molecule has 1 saturated heterocycles. The van der Waals surface area contributed by atoms with E-state index < -0.39 is 0 Å². The first-order valence-electron chi connectivity index (χ1n) is 11.2. The molecule has 168 valence electrons. The molecule has 2 N–H and O–H groups in total. The summed E-state index contributed by atoms with van der Waals surface area (Å²) in [5.41, 5.74) is 3.11. The van der Waals surface area contributed by atoms with Gasteiger partial charge >= 0.3 is 0 Å². The Kier molecular flexibility index (Phi) is 7.51. The van der Waals surface area contributed by atoms with Crippen molar-refractivity contribution < 1.29 is 9.32 Å². The van der Waals surface area contributed by atoms with Crippen molar-refractivity contribution in [3.05, 3.63) is 77.9 Å². The quantitative estimate of drug-likeness (QED) is 0.539. The minimum Gasteiger partial charge on any atom is -0.367 e. The molecule has 7 nitrogen and oxygen atoms in total. The number of benzene rings is 1. The maximum absolute atomic E-state index is 12.6. The summed E-state index contributed by atoms with van der Waals surface area (Å²) in [5.74, 6) is 1.63. The van der Waals surface area contributed by atoms with E-state index in [1.54, 1.807) is 12.4 Å². The van der Waals surface area contributed by atoms with E-state index in [0.717, 1.165) is 48.6 Å². The van der Waals surface area contributed by atoms with Gasteiger partial charge in [-0.1, -0.05) is 29.4 Å². The van der Waals surface area contributed by atoms with Crippen molar-refractivity contribution in [2.75, 3.05) is 25.0 Å². The zero-order valence-electron chi connectivity index (χ0n) is 18.5. The van der Waals surface area contributed by atoms with Gasteiger partial charge in [0.2, 0.25) is 5.91 Å². The largest absolute Gasteiger partial charge is 0.367 e. The van der Waals surface area contributed by atoms with E-state index in [1.165, 1.54) is 0 Å². The molecule has 2 atom stereocenters. The number of para-hydroxylation sites is 1. The lowest BCUT2D eigenvalue weighted by Crippen LogP contribution is -2.40. The van der Waals surface area contributed by atoms with E-state index in [2.05, 4.69) is 37.8 Å². The van der Waals surface area contributed by atoms with Gasteiger partial charge in [0.05, 0.1) is 12.2 Å². The Balaban J connectivity index is 1.30. The second-order valence-electron chi connectivity index (χ2n) is 8.54. The molecular weight excluding hydrogens is 402 g/mol. The zero-order valence-corrected chi connectivity index (χ0v) is 18.5. The molecule has 0 spiro atoms. The van der Waals surface area contributed by atoms with Crippen LogP contribution >= 0.6 is 0 Å². The molecule has 0 aliphatic carbocycles. The molecular formula is C25H31N5O2. The number of anilines is 1. The highest BCUT2D eigenvalue weighted by atomic mass is 16.5. The van der Waals surface area contributed by atoms with E-state index in [0.29, 0.717) is 31.3 Å². The summed E-state index contributed by atoms with van der Waals surface area (Å²) in [5, 5.41) is 10.8. The van der Waals surface area contributed by atoms with Gasteiger partial charge in [-0.05, 0) is 61.5 Å². The van der Waals surface area contributed by atoms with Gasteiger partial charge in [-0.3, -0.25) is 9.78 Å². The topological polar surface area (TPSA) is 83.3 Å². The molecule has 3 heterocycles. The van der Waals surface area contributed by atoms with Gasteiger partial charge in [0.15, 0.2) is 5.76 Å². The third kappa shape index (κ3) is 6.17. The van der Waals surface area contributed by atoms with Gasteiger partial charge in [0.25, 0.3) is 0 Å². The minimum atomic E-state index is 0.0936. The zero-order chi connectivity index (χ0) is 22.2. The van der Waals surface area contributed by atoms with Crippen LogP contribution < -0.4 is 15.5 Å². The maximum Gasteiger partial charge on any atom is 0.220 e. The Bertz CT molecular complexity index is 976. The van der Waals surface area contributed by atoms with Crippen LogP contribution in [0.5, 0.6) is 0 Å². The molecule has 0 unspecified atom stereocenters. The summed E-state index contributed by atoms with van der Waals surface area (Å²) in [6, 6.07) is 16.1. The van der Waals surface area contributed by atoms with Gasteiger partial charge in [-0.2, -0.15) is 0 Å². The number of aromatic nitrogens is 2. The lowest BCUT2D eigenvalue weighted by atomic mass is 9.81. The van der Waals surface area contributed by atoms with Gasteiger partial charge in [0.1, 0.15) is 0 Å². The first kappa shape index (κ1) is 22.0. The second kappa shape index (κ2) is 10.9. The van der Waals surface area contributed by atoms with E-state index in [9.17, 15) is 4.79 Å². The number of carbonyl (C=O) groups is 1. The van der Waals surface area contributed by atoms with Crippen LogP contribution in [0.25, 0.3) is 0 Å². The molecule has 32 heavy (non-hydrogen) atoms. The number of amides is 1. The maximum atomic E-state index is 12.6. The van der Waals surface area contributed by atoms with Gasteiger partial charge in [0, 0.05) is 44.2 Å². The highest BCUT2D eigenvalue weighted by Crippen LogP contribution is 2.26. The lowest BCUT2D eigenvalue weighted by molar-refractivity contribution is -0.122. The number of hydrogen-bond donors (Lipinski definition) is 2. The van der Waals surface area contributed by atoms with Crippen LogP contribution in [0.4, 0.5) is 5.69 Å². The van der Waals surface area contributed by atoms with E-state index in [4.69, 9.17) is 4.52 Å². The normalized spacial score (nSPS) is 18.3. The SMILES string of the molecule is CN(Cc1cc(C[C@H]2CNCC[C@H]2CC(=O)NCc2cccnc2)no1)c1ccccc1. The standard InChI is InChI=1S/C25H31N5O2/c1-30(23-7-3-2-4-8-23)18-24-14-22(29-32-24)12-21-17-27-11-9-20(21)13-25(31)28-16-19-6-5-10-26-15-19/h2-8,10,14-15,20-21,27H,9,11-13,16-18H2,1H3,(H,28,31)/t20-,21-/m0/s1. The second-order valence-corrected chi connectivity index (χ2v) is 8.54. The number of hydrogen-bond acceptors (Lipinski definition) is 6. The molecule has 1 aliphatic heterocycles. The highest BCUT2D eigenvalue weighted by molar-refractivity contribution is 5.76. The van der Waals surface area contributed by atoms with E-state index >= 15 is 0 Å². The summed E-state index contributed by atoms with van der Waals surface area (Å²) >= 11 is 0. The van der Waals surface area contributed by atoms with Crippen molar-refractivity contribution in [2.24, 2.45) is 11.8 Å². The van der Waals surface area contributed by atoms with Crippen molar-refractivity contribution in [1.29, 1.82) is 0 Å². The molecule has 2 aromatic heterocycles. The molecule has 0 saturated carbocycles. The number of piperidine rings is 1. The van der Waals surface area contributed by atoms with E-state index in [1.807, 2.05) is 43.4 Å². The first-order chi connectivity index (χ1) is 15.7. The van der Waals surface area contributed by atoms with Crippen LogP contribution in [-0.2, 0) is 24.3 Å². The van der Waals surface area contributed by atoms with Crippen LogP contribution in [0, 0.1) is 11.8 Å². The molecule has 1 fully saturated rings. The molecule has 0 bridgehead atoms. The molecule has 3 aromatic rings. The molecule has 0 radical (unpaired) electrons. The number of rotatable bonds is 9. The number of nitrogens with one attached hydrogen (secondary N) is 2. The summed E-state index contributed by atoms with van der Waals surface area (Å²) in [6.45, 7) is 3.03. The van der Waals surface area contributed by atoms with Crippen molar-refractivity contribution in [1.82, 2.24) is 20.8 Å². The Morgan fingerprint density at radius 3 is 2.91 bits per heavy atom. The Labute approximate surface area is 189 Å². The predicted molar refractivity (Wildman–Crippen MR) is 124 cm³/mol. The van der Waals surface area contributed by atoms with Crippen LogP contribution in [0.1, 0.15) is 29.9 Å². The summed E-state index contributed by atoms with van der Waals surface area (Å²) in [7, 11) is 2.04. The van der Waals surface area contributed by atoms with Gasteiger partial charge in [-0.15, -0.1) is 0 Å². The fourth-order valence-electron chi connectivity index (χ4n) is 4.30. The van der Waals surface area contributed by atoms with Crippen LogP contribution in [0.2, 0.25) is 0 Å². The van der Waals surface area contributed by atoms with Crippen molar-refractivity contribution in [2.45, 2.75) is 32.4 Å². The van der Waals surface area contributed by atoms with Gasteiger partial charge in [-0.25, -0.2) is 0 Å². The monoisotopic (exact) mass is 433 g/mol. The predicted octanol–water partition coefficient (Wildman–Crippen LogP) is 3.18. The number of carbonyl (C=O) groups excluding carboxylic acids is 1. The molecule has 4 rings (SSSR count). The molecule has 7 heteroatoms. The Morgan fingerprint density at radius 1 is 1.22 bits per heavy atom. The summed E-state index contributed by atoms with van der Waals surface area (Å²) in [4.78, 5) is 18.8. The average molecular weight is 434 g/mol. The van der Waals surface area contributed by atoms with Crippen molar-refractivity contribution in [3.8, 4) is 0 Å². The minimum absolute atomic E-state index is 0.0936. The van der Waals surface area contributed by atoms with E-state index in [-0.39, 0.29) is 5.91 Å². The number of nitrogens with zero attached hydrogens (tertiary/aromatic N) is 3. The van der Waals surface area contributed by atoms with Crippen LogP contribution in [-0.4, -0.2) is 36.2 Å². The van der Waals surface area contributed by atoms with Gasteiger partial charge < -0.3 is 20.1 Å². The summed E-state index contributed by atoms with van der Waals surface area (Å²) in [6.07, 6.45) is 5.86. The number of pyridine rings is 1. The Hall–Kier alpha value is -3.19. The van der Waals surface area contributed by atoms with Crippen LogP contribution in [0.3, 0.4) is 0 Å². The molecule has 1 amide bonds.